The van der Waals surface area contributed by atoms with Crippen LogP contribution in [0, 0.1) is 6.92 Å². The molecule has 3 heterocycles. The van der Waals surface area contributed by atoms with E-state index < -0.39 is 5.97 Å². The average Bonchev–Trinajstić information content (AvgIpc) is 3.07. The number of aromatic carboxylic acids is 1. The molecule has 20 heavy (non-hydrogen) atoms. The third kappa shape index (κ3) is 2.30. The molecular weight excluding hydrogens is 278 g/mol. The Labute approximate surface area is 117 Å². The molecule has 0 radical (unpaired) electrons. The fourth-order valence-electron chi connectivity index (χ4n) is 1.70. The smallest absolute Gasteiger partial charge is 0.345 e. The number of aromatic nitrogens is 3. The first-order valence-electron chi connectivity index (χ1n) is 5.74. The molecule has 0 aliphatic heterocycles. The molecule has 7 heteroatoms. The molecule has 1 N–H and O–H groups in total. The minimum atomic E-state index is -0.940. The molecule has 0 unspecified atom stereocenters. The summed E-state index contributed by atoms with van der Waals surface area (Å²) < 4.78 is 5.11. The van der Waals surface area contributed by atoms with Crippen LogP contribution < -0.4 is 0 Å². The first kappa shape index (κ1) is 12.5. The van der Waals surface area contributed by atoms with Crippen molar-refractivity contribution in [2.45, 2.75) is 6.92 Å². The molecule has 3 aromatic heterocycles. The number of pyridine rings is 1. The third-order valence-electron chi connectivity index (χ3n) is 2.60. The summed E-state index contributed by atoms with van der Waals surface area (Å²) in [7, 11) is 0. The number of carbonyl (C=O) groups is 1. The molecule has 0 aromatic carbocycles. The van der Waals surface area contributed by atoms with Crippen LogP contribution in [0.25, 0.3) is 22.0 Å². The summed E-state index contributed by atoms with van der Waals surface area (Å²) in [5.41, 5.74) is 1.43. The zero-order chi connectivity index (χ0) is 14.1. The van der Waals surface area contributed by atoms with E-state index in [0.29, 0.717) is 17.4 Å². The van der Waals surface area contributed by atoms with Gasteiger partial charge in [0.15, 0.2) is 5.82 Å². The van der Waals surface area contributed by atoms with Crippen molar-refractivity contribution >= 4 is 17.3 Å². The van der Waals surface area contributed by atoms with Crippen molar-refractivity contribution in [3.63, 3.8) is 0 Å². The first-order chi connectivity index (χ1) is 9.63. The topological polar surface area (TPSA) is 89.1 Å². The van der Waals surface area contributed by atoms with Crippen molar-refractivity contribution in [1.82, 2.24) is 15.1 Å². The summed E-state index contributed by atoms with van der Waals surface area (Å²) >= 11 is 1.17. The highest BCUT2D eigenvalue weighted by Gasteiger charge is 2.12. The summed E-state index contributed by atoms with van der Waals surface area (Å²) in [6.07, 6.45) is 1.63. The van der Waals surface area contributed by atoms with Crippen LogP contribution in [-0.4, -0.2) is 26.2 Å². The number of carboxylic acids is 1. The molecule has 0 aliphatic rings. The molecule has 0 bridgehead atoms. The van der Waals surface area contributed by atoms with Crippen LogP contribution in [0.1, 0.15) is 15.5 Å². The Kier molecular flexibility index (Phi) is 3.03. The summed E-state index contributed by atoms with van der Waals surface area (Å²) in [6, 6.07) is 6.86. The lowest BCUT2D eigenvalue weighted by Gasteiger charge is -1.98. The molecule has 0 fully saturated rings. The van der Waals surface area contributed by atoms with E-state index in [9.17, 15) is 4.79 Å². The quantitative estimate of drug-likeness (QED) is 0.796. The van der Waals surface area contributed by atoms with Crippen LogP contribution in [0.2, 0.25) is 0 Å². The summed E-state index contributed by atoms with van der Waals surface area (Å²) in [6.45, 7) is 1.74. The van der Waals surface area contributed by atoms with Crippen molar-refractivity contribution in [2.75, 3.05) is 0 Å². The Bertz CT molecular complexity index is 779. The Morgan fingerprint density at radius 3 is 2.85 bits per heavy atom. The molecule has 6 nitrogen and oxygen atoms in total. The van der Waals surface area contributed by atoms with Gasteiger partial charge >= 0.3 is 5.97 Å². The van der Waals surface area contributed by atoms with Crippen molar-refractivity contribution in [1.29, 1.82) is 0 Å². The second-order valence-corrected chi connectivity index (χ2v) is 5.13. The van der Waals surface area contributed by atoms with Gasteiger partial charge in [-0.2, -0.15) is 4.98 Å². The van der Waals surface area contributed by atoms with Crippen molar-refractivity contribution in [3.8, 4) is 22.0 Å². The van der Waals surface area contributed by atoms with E-state index in [1.807, 2.05) is 0 Å². The number of hydrogen-bond acceptors (Lipinski definition) is 6. The largest absolute Gasteiger partial charge is 0.477 e. The van der Waals surface area contributed by atoms with Gasteiger partial charge in [-0.1, -0.05) is 5.16 Å². The lowest BCUT2D eigenvalue weighted by Crippen LogP contribution is -1.89. The van der Waals surface area contributed by atoms with Gasteiger partial charge in [-0.25, -0.2) is 4.79 Å². The average molecular weight is 287 g/mol. The Balaban J connectivity index is 2.00. The molecule has 0 atom stereocenters. The van der Waals surface area contributed by atoms with Gasteiger partial charge in [0.1, 0.15) is 4.88 Å². The molecule has 100 valence electrons. The highest BCUT2D eigenvalue weighted by Crippen LogP contribution is 2.29. The minimum Gasteiger partial charge on any atom is -0.477 e. The van der Waals surface area contributed by atoms with E-state index in [0.717, 1.165) is 10.4 Å². The van der Waals surface area contributed by atoms with Gasteiger partial charge in [-0.3, -0.25) is 4.98 Å². The number of carboxylic acid groups (broad SMARTS) is 1. The van der Waals surface area contributed by atoms with Gasteiger partial charge in [0.2, 0.25) is 0 Å². The van der Waals surface area contributed by atoms with Crippen LogP contribution in [0.3, 0.4) is 0 Å². The predicted molar refractivity (Wildman–Crippen MR) is 72.5 cm³/mol. The molecule has 3 rings (SSSR count). The van der Waals surface area contributed by atoms with E-state index in [-0.39, 0.29) is 4.88 Å². The second kappa shape index (κ2) is 4.86. The van der Waals surface area contributed by atoms with Crippen molar-refractivity contribution in [2.24, 2.45) is 0 Å². The number of rotatable bonds is 3. The molecule has 3 aromatic rings. The number of thiophene rings is 1. The fourth-order valence-corrected chi connectivity index (χ4v) is 2.52. The molecule has 0 saturated heterocycles. The molecule has 0 saturated carbocycles. The minimum absolute atomic E-state index is 0.279. The molecule has 0 spiro atoms. The van der Waals surface area contributed by atoms with E-state index in [1.165, 1.54) is 11.3 Å². The SMILES string of the molecule is Cc1noc(-c2ccnc(-c3ccc(C(=O)O)s3)c2)n1. The second-order valence-electron chi connectivity index (χ2n) is 4.05. The molecular formula is C13H9N3O3S. The van der Waals surface area contributed by atoms with Crippen LogP contribution in [0.15, 0.2) is 35.0 Å². The Morgan fingerprint density at radius 1 is 1.35 bits per heavy atom. The van der Waals surface area contributed by atoms with E-state index >= 15 is 0 Å². The van der Waals surface area contributed by atoms with E-state index in [2.05, 4.69) is 15.1 Å². The fraction of sp³-hybridized carbons (Fsp3) is 0.0769. The third-order valence-corrected chi connectivity index (χ3v) is 3.70. The maximum atomic E-state index is 10.9. The van der Waals surface area contributed by atoms with Gasteiger partial charge in [-0.15, -0.1) is 11.3 Å². The summed E-state index contributed by atoms with van der Waals surface area (Å²) in [4.78, 5) is 20.3. The lowest BCUT2D eigenvalue weighted by molar-refractivity contribution is 0.0702. The summed E-state index contributed by atoms with van der Waals surface area (Å²) in [5.74, 6) is 0.0359. The zero-order valence-corrected chi connectivity index (χ0v) is 11.2. The molecule has 0 amide bonds. The van der Waals surface area contributed by atoms with Crippen LogP contribution >= 0.6 is 11.3 Å². The summed E-state index contributed by atoms with van der Waals surface area (Å²) in [5, 5.41) is 12.7. The highest BCUT2D eigenvalue weighted by molar-refractivity contribution is 7.17. The monoisotopic (exact) mass is 287 g/mol. The number of hydrogen-bond donors (Lipinski definition) is 1. The van der Waals surface area contributed by atoms with Gasteiger partial charge in [-0.05, 0) is 31.2 Å². The van der Waals surface area contributed by atoms with Crippen molar-refractivity contribution < 1.29 is 14.4 Å². The Hall–Kier alpha value is -2.54. The predicted octanol–water partition coefficient (Wildman–Crippen LogP) is 2.87. The van der Waals surface area contributed by atoms with Gasteiger partial charge in [0, 0.05) is 11.8 Å². The maximum Gasteiger partial charge on any atom is 0.345 e. The van der Waals surface area contributed by atoms with Gasteiger partial charge < -0.3 is 9.63 Å². The van der Waals surface area contributed by atoms with Crippen LogP contribution in [0.4, 0.5) is 0 Å². The van der Waals surface area contributed by atoms with E-state index in [1.54, 1.807) is 37.4 Å². The Morgan fingerprint density at radius 2 is 2.20 bits per heavy atom. The van der Waals surface area contributed by atoms with Crippen LogP contribution in [-0.2, 0) is 0 Å². The maximum absolute atomic E-state index is 10.9. The zero-order valence-electron chi connectivity index (χ0n) is 10.4. The van der Waals surface area contributed by atoms with E-state index in [4.69, 9.17) is 9.63 Å². The number of nitrogens with zero attached hydrogens (tertiary/aromatic N) is 3. The number of aryl methyl sites for hydroxylation is 1. The van der Waals surface area contributed by atoms with Gasteiger partial charge in [0.25, 0.3) is 5.89 Å². The van der Waals surface area contributed by atoms with Gasteiger partial charge in [0.05, 0.1) is 10.6 Å². The van der Waals surface area contributed by atoms with Crippen molar-refractivity contribution in [3.05, 3.63) is 41.2 Å². The highest BCUT2D eigenvalue weighted by atomic mass is 32.1. The lowest BCUT2D eigenvalue weighted by atomic mass is 10.2. The molecule has 0 aliphatic carbocycles. The normalized spacial score (nSPS) is 10.7. The standard InChI is InChI=1S/C13H9N3O3S/c1-7-15-12(19-16-7)8-4-5-14-9(6-8)10-2-3-11(20-10)13(17)18/h2-6H,1H3,(H,17,18). The first-order valence-corrected chi connectivity index (χ1v) is 6.55. The van der Waals surface area contributed by atoms with Crippen LogP contribution in [0.5, 0.6) is 0 Å².